The number of nitrogens with one attached hydrogen (secondary N) is 2. The van der Waals surface area contributed by atoms with Gasteiger partial charge in [-0.05, 0) is 30.3 Å². The molecule has 0 atom stereocenters. The molecule has 0 unspecified atom stereocenters. The summed E-state index contributed by atoms with van der Waals surface area (Å²) in [6.45, 7) is 0. The Morgan fingerprint density at radius 2 is 1.79 bits per heavy atom. The minimum atomic E-state index is -0.611. The van der Waals surface area contributed by atoms with E-state index in [0.717, 1.165) is 0 Å². The molecule has 0 saturated carbocycles. The lowest BCUT2D eigenvalue weighted by Gasteiger charge is -2.09. The van der Waals surface area contributed by atoms with Crippen LogP contribution in [-0.4, -0.2) is 24.1 Å². The minimum absolute atomic E-state index is 0.0989. The fourth-order valence-electron chi connectivity index (χ4n) is 2.75. The lowest BCUT2D eigenvalue weighted by molar-refractivity contribution is -0.112. The number of esters is 1. The molecule has 0 saturated heterocycles. The van der Waals surface area contributed by atoms with Crippen molar-refractivity contribution in [2.45, 2.75) is 0 Å². The molecule has 1 amide bonds. The molecule has 0 aromatic heterocycles. The van der Waals surface area contributed by atoms with Gasteiger partial charge in [-0.3, -0.25) is 4.79 Å². The summed E-state index contributed by atoms with van der Waals surface area (Å²) in [5.41, 5.74) is 1.16. The number of methoxy groups -OCH3 is 1. The van der Waals surface area contributed by atoms with Gasteiger partial charge in [-0.1, -0.05) is 30.3 Å². The molecule has 3 rings (SSSR count). The van der Waals surface area contributed by atoms with Gasteiger partial charge in [0.1, 0.15) is 17.4 Å². The maximum absolute atomic E-state index is 12.5. The number of amides is 1. The third kappa shape index (κ3) is 4.34. The van der Waals surface area contributed by atoms with E-state index < -0.39 is 11.9 Å². The number of anilines is 2. The summed E-state index contributed by atoms with van der Waals surface area (Å²) in [5.74, 6) is -1.00. The first-order valence-electron chi connectivity index (χ1n) is 8.60. The van der Waals surface area contributed by atoms with E-state index in [1.165, 1.54) is 13.3 Å². The second kappa shape index (κ2) is 8.59. The van der Waals surface area contributed by atoms with Crippen molar-refractivity contribution in [3.05, 3.63) is 78.0 Å². The summed E-state index contributed by atoms with van der Waals surface area (Å²) >= 11 is 0. The molecule has 0 aliphatic rings. The maximum atomic E-state index is 12.5. The molecule has 3 aromatic carbocycles. The number of fused-ring (bicyclic) bond motifs is 1. The van der Waals surface area contributed by atoms with E-state index >= 15 is 0 Å². The molecule has 7 heteroatoms. The molecule has 0 aliphatic heterocycles. The van der Waals surface area contributed by atoms with Crippen molar-refractivity contribution in [3.8, 4) is 11.8 Å². The second-order valence-corrected chi connectivity index (χ2v) is 6.02. The van der Waals surface area contributed by atoms with Gasteiger partial charge in [-0.2, -0.15) is 5.26 Å². The molecule has 3 N–H and O–H groups in total. The minimum Gasteiger partial charge on any atom is -0.507 e. The van der Waals surface area contributed by atoms with Gasteiger partial charge in [-0.25, -0.2) is 4.79 Å². The molecular formula is C22H17N3O4. The molecule has 0 radical (unpaired) electrons. The largest absolute Gasteiger partial charge is 0.507 e. The number of hydrogen-bond donors (Lipinski definition) is 3. The number of ether oxygens (including phenoxy) is 1. The van der Waals surface area contributed by atoms with E-state index in [9.17, 15) is 20.0 Å². The van der Waals surface area contributed by atoms with Crippen LogP contribution in [0.4, 0.5) is 11.4 Å². The Morgan fingerprint density at radius 3 is 2.55 bits per heavy atom. The quantitative estimate of drug-likeness (QED) is 0.349. The van der Waals surface area contributed by atoms with Gasteiger partial charge < -0.3 is 20.5 Å². The van der Waals surface area contributed by atoms with Crippen molar-refractivity contribution in [2.75, 3.05) is 17.7 Å². The zero-order valence-electron chi connectivity index (χ0n) is 15.5. The Balaban J connectivity index is 1.81. The molecule has 0 heterocycles. The highest BCUT2D eigenvalue weighted by Crippen LogP contribution is 2.30. The van der Waals surface area contributed by atoms with Crippen molar-refractivity contribution in [3.63, 3.8) is 0 Å². The third-order valence-corrected chi connectivity index (χ3v) is 4.18. The highest BCUT2D eigenvalue weighted by molar-refractivity contribution is 6.11. The van der Waals surface area contributed by atoms with Crippen molar-refractivity contribution >= 4 is 34.0 Å². The van der Waals surface area contributed by atoms with Crippen molar-refractivity contribution in [2.24, 2.45) is 0 Å². The Hall–Kier alpha value is -4.31. The van der Waals surface area contributed by atoms with Crippen LogP contribution in [0.15, 0.2) is 72.4 Å². The van der Waals surface area contributed by atoms with Gasteiger partial charge in [-0.15, -0.1) is 0 Å². The Bertz CT molecular complexity index is 1160. The Kier molecular flexibility index (Phi) is 5.76. The van der Waals surface area contributed by atoms with E-state index in [4.69, 9.17) is 0 Å². The maximum Gasteiger partial charge on any atom is 0.337 e. The van der Waals surface area contributed by atoms with E-state index in [0.29, 0.717) is 27.7 Å². The molecule has 7 nitrogen and oxygen atoms in total. The van der Waals surface area contributed by atoms with Crippen LogP contribution in [0.1, 0.15) is 10.4 Å². The topological polar surface area (TPSA) is 111 Å². The molecule has 0 spiro atoms. The van der Waals surface area contributed by atoms with Gasteiger partial charge in [0.2, 0.25) is 0 Å². The first-order valence-corrected chi connectivity index (χ1v) is 8.60. The number of nitriles is 1. The van der Waals surface area contributed by atoms with Crippen LogP contribution in [0.2, 0.25) is 0 Å². The van der Waals surface area contributed by atoms with E-state index in [-0.39, 0.29) is 11.3 Å². The van der Waals surface area contributed by atoms with Gasteiger partial charge in [0.15, 0.2) is 0 Å². The Morgan fingerprint density at radius 1 is 1.07 bits per heavy atom. The Labute approximate surface area is 166 Å². The predicted octanol–water partition coefficient (Wildman–Crippen LogP) is 3.79. The average Bonchev–Trinajstić information content (AvgIpc) is 2.74. The van der Waals surface area contributed by atoms with Crippen LogP contribution in [0, 0.1) is 11.3 Å². The smallest absolute Gasteiger partial charge is 0.337 e. The summed E-state index contributed by atoms with van der Waals surface area (Å²) in [6.07, 6.45) is 1.26. The SMILES string of the molecule is COC(=O)c1cccc(N/C=C(/C#N)C(=O)Nc2cccc3c(O)cccc23)c1. The monoisotopic (exact) mass is 387 g/mol. The molecule has 29 heavy (non-hydrogen) atoms. The van der Waals surface area contributed by atoms with E-state index in [1.54, 1.807) is 60.7 Å². The number of aromatic hydroxyl groups is 1. The van der Waals surface area contributed by atoms with Crippen LogP contribution in [0.25, 0.3) is 10.8 Å². The van der Waals surface area contributed by atoms with Crippen molar-refractivity contribution < 1.29 is 19.4 Å². The molecule has 3 aromatic rings. The van der Waals surface area contributed by atoms with Gasteiger partial charge in [0, 0.05) is 28.3 Å². The number of phenolic OH excluding ortho intramolecular Hbond substituents is 1. The lowest BCUT2D eigenvalue weighted by Crippen LogP contribution is -2.14. The fourth-order valence-corrected chi connectivity index (χ4v) is 2.75. The predicted molar refractivity (Wildman–Crippen MR) is 109 cm³/mol. The molecular weight excluding hydrogens is 370 g/mol. The first-order chi connectivity index (χ1) is 14.0. The number of carbonyl (C=O) groups excluding carboxylic acids is 2. The standard InChI is InChI=1S/C22H17N3O4/c1-29-22(28)14-5-2-6-16(11-14)24-13-15(12-23)21(27)25-19-9-3-8-18-17(19)7-4-10-20(18)26/h2-11,13,24,26H,1H3,(H,25,27)/b15-13-. The number of phenols is 1. The summed E-state index contributed by atoms with van der Waals surface area (Å²) in [5, 5.41) is 26.1. The molecule has 0 fully saturated rings. The van der Waals surface area contributed by atoms with Crippen molar-refractivity contribution in [1.82, 2.24) is 0 Å². The first kappa shape index (κ1) is 19.5. The molecule has 0 bridgehead atoms. The fraction of sp³-hybridized carbons (Fsp3) is 0.0455. The highest BCUT2D eigenvalue weighted by Gasteiger charge is 2.12. The lowest BCUT2D eigenvalue weighted by atomic mass is 10.1. The van der Waals surface area contributed by atoms with Gasteiger partial charge >= 0.3 is 5.97 Å². The summed E-state index contributed by atoms with van der Waals surface area (Å²) < 4.78 is 4.67. The molecule has 144 valence electrons. The van der Waals surface area contributed by atoms with Crippen LogP contribution in [0.3, 0.4) is 0 Å². The van der Waals surface area contributed by atoms with Gasteiger partial charge in [0.05, 0.1) is 12.7 Å². The van der Waals surface area contributed by atoms with Crippen LogP contribution >= 0.6 is 0 Å². The van der Waals surface area contributed by atoms with E-state index in [2.05, 4.69) is 15.4 Å². The van der Waals surface area contributed by atoms with Crippen LogP contribution in [-0.2, 0) is 9.53 Å². The third-order valence-electron chi connectivity index (χ3n) is 4.18. The summed E-state index contributed by atoms with van der Waals surface area (Å²) in [6, 6.07) is 18.4. The number of benzene rings is 3. The number of hydrogen-bond acceptors (Lipinski definition) is 6. The number of nitrogens with zero attached hydrogens (tertiary/aromatic N) is 1. The molecule has 0 aliphatic carbocycles. The average molecular weight is 387 g/mol. The zero-order valence-corrected chi connectivity index (χ0v) is 15.5. The second-order valence-electron chi connectivity index (χ2n) is 6.02. The highest BCUT2D eigenvalue weighted by atomic mass is 16.5. The number of carbonyl (C=O) groups is 2. The van der Waals surface area contributed by atoms with E-state index in [1.807, 2.05) is 6.07 Å². The summed E-state index contributed by atoms with van der Waals surface area (Å²) in [4.78, 5) is 24.1. The number of rotatable bonds is 5. The van der Waals surface area contributed by atoms with Crippen molar-refractivity contribution in [1.29, 1.82) is 5.26 Å². The van der Waals surface area contributed by atoms with Crippen LogP contribution < -0.4 is 10.6 Å². The van der Waals surface area contributed by atoms with Crippen LogP contribution in [0.5, 0.6) is 5.75 Å². The normalized spacial score (nSPS) is 10.8. The van der Waals surface area contributed by atoms with Gasteiger partial charge in [0.25, 0.3) is 5.91 Å². The summed E-state index contributed by atoms with van der Waals surface area (Å²) in [7, 11) is 1.29. The zero-order chi connectivity index (χ0) is 20.8.